The summed E-state index contributed by atoms with van der Waals surface area (Å²) in [5, 5.41) is 0. The number of Topliss-reactive ketones (excluding diaryl/α,β-unsaturated/α-hetero) is 1. The molecule has 1 aromatic carbocycles. The number of carbonyl (C=O) groups excluding carboxylic acids is 1. The van der Waals surface area contributed by atoms with Gasteiger partial charge in [0.2, 0.25) is 0 Å². The van der Waals surface area contributed by atoms with E-state index < -0.39 is 0 Å². The summed E-state index contributed by atoms with van der Waals surface area (Å²) < 4.78 is 12.9. The molecule has 82 valence electrons. The lowest BCUT2D eigenvalue weighted by Crippen LogP contribution is -2.07. The van der Waals surface area contributed by atoms with Crippen LogP contribution in [-0.2, 0) is 0 Å². The molecule has 0 amide bonds. The molecule has 15 heavy (non-hydrogen) atoms. The minimum absolute atomic E-state index is 0.0246. The van der Waals surface area contributed by atoms with Crippen LogP contribution in [0, 0.1) is 12.7 Å². The molecule has 1 aromatic rings. The minimum Gasteiger partial charge on any atom is -0.330 e. The van der Waals surface area contributed by atoms with Crippen molar-refractivity contribution in [2.45, 2.75) is 6.92 Å². The fraction of sp³-hybridized carbons (Fsp3) is 0.364. The molecule has 0 fully saturated rings. The first-order valence-electron chi connectivity index (χ1n) is 4.72. The van der Waals surface area contributed by atoms with E-state index in [1.807, 2.05) is 0 Å². The molecule has 0 aliphatic heterocycles. The molecule has 0 aliphatic carbocycles. The number of benzene rings is 1. The summed E-state index contributed by atoms with van der Waals surface area (Å²) in [6, 6.07) is 4.44. The van der Waals surface area contributed by atoms with Crippen LogP contribution in [0.5, 0.6) is 0 Å². The quantitative estimate of drug-likeness (QED) is 0.618. The zero-order valence-electron chi connectivity index (χ0n) is 8.63. The minimum atomic E-state index is -0.277. The molecule has 0 bridgehead atoms. The van der Waals surface area contributed by atoms with Crippen LogP contribution in [0.2, 0.25) is 0 Å². The van der Waals surface area contributed by atoms with Crippen LogP contribution in [0.1, 0.15) is 15.9 Å². The van der Waals surface area contributed by atoms with E-state index in [2.05, 4.69) is 0 Å². The lowest BCUT2D eigenvalue weighted by Gasteiger charge is -2.02. The van der Waals surface area contributed by atoms with Gasteiger partial charge in [-0.15, -0.1) is 0 Å². The molecule has 1 rings (SSSR count). The van der Waals surface area contributed by atoms with E-state index in [0.717, 1.165) is 5.75 Å². The highest BCUT2D eigenvalue weighted by molar-refractivity contribution is 8.00. The molecule has 0 saturated carbocycles. The van der Waals surface area contributed by atoms with Crippen LogP contribution in [0.4, 0.5) is 4.39 Å². The van der Waals surface area contributed by atoms with Gasteiger partial charge >= 0.3 is 0 Å². The second kappa shape index (κ2) is 5.88. The fourth-order valence-electron chi connectivity index (χ4n) is 1.15. The third-order valence-corrected chi connectivity index (χ3v) is 2.97. The van der Waals surface area contributed by atoms with Crippen LogP contribution in [0.25, 0.3) is 0 Å². The summed E-state index contributed by atoms with van der Waals surface area (Å²) in [5.74, 6) is 0.923. The van der Waals surface area contributed by atoms with Crippen molar-refractivity contribution in [3.05, 3.63) is 35.1 Å². The van der Waals surface area contributed by atoms with Gasteiger partial charge in [-0.25, -0.2) is 4.39 Å². The molecular weight excluding hydrogens is 213 g/mol. The molecule has 2 N–H and O–H groups in total. The summed E-state index contributed by atoms with van der Waals surface area (Å²) in [7, 11) is 0. The smallest absolute Gasteiger partial charge is 0.172 e. The number of halogens is 1. The number of rotatable bonds is 5. The summed E-state index contributed by atoms with van der Waals surface area (Å²) in [6.07, 6.45) is 0. The van der Waals surface area contributed by atoms with Gasteiger partial charge in [0.1, 0.15) is 5.82 Å². The monoisotopic (exact) mass is 227 g/mol. The average Bonchev–Trinajstić information content (AvgIpc) is 2.22. The van der Waals surface area contributed by atoms with Crippen molar-refractivity contribution in [2.24, 2.45) is 5.73 Å². The maximum Gasteiger partial charge on any atom is 0.172 e. The second-order valence-corrected chi connectivity index (χ2v) is 4.33. The Kier molecular flexibility index (Phi) is 4.78. The Hall–Kier alpha value is -0.870. The molecule has 0 radical (unpaired) electrons. The van der Waals surface area contributed by atoms with Crippen molar-refractivity contribution in [1.82, 2.24) is 0 Å². The topological polar surface area (TPSA) is 43.1 Å². The number of hydrogen-bond acceptors (Lipinski definition) is 3. The first kappa shape index (κ1) is 12.2. The fourth-order valence-corrected chi connectivity index (χ4v) is 1.81. The van der Waals surface area contributed by atoms with Gasteiger partial charge in [-0.2, -0.15) is 11.8 Å². The SMILES string of the molecule is Cc1cc(C(=O)CSCCN)ccc1F. The van der Waals surface area contributed by atoms with Gasteiger partial charge in [-0.05, 0) is 30.7 Å². The molecule has 2 nitrogen and oxygen atoms in total. The van der Waals surface area contributed by atoms with Crippen LogP contribution >= 0.6 is 11.8 Å². The Labute approximate surface area is 93.0 Å². The molecular formula is C11H14FNOS. The third kappa shape index (κ3) is 3.64. The molecule has 0 atom stereocenters. The third-order valence-electron chi connectivity index (χ3n) is 1.98. The Morgan fingerprint density at radius 1 is 1.53 bits per heavy atom. The number of nitrogens with two attached hydrogens (primary N) is 1. The normalized spacial score (nSPS) is 10.3. The molecule has 0 aliphatic rings. The summed E-state index contributed by atoms with van der Waals surface area (Å²) in [5.41, 5.74) is 6.39. The zero-order valence-corrected chi connectivity index (χ0v) is 9.44. The number of thioether (sulfide) groups is 1. The van der Waals surface area contributed by atoms with E-state index in [0.29, 0.717) is 23.4 Å². The van der Waals surface area contributed by atoms with Gasteiger partial charge in [0.15, 0.2) is 5.78 Å². The Morgan fingerprint density at radius 2 is 2.27 bits per heavy atom. The van der Waals surface area contributed by atoms with Gasteiger partial charge in [-0.1, -0.05) is 0 Å². The maximum absolute atomic E-state index is 12.9. The van der Waals surface area contributed by atoms with Gasteiger partial charge < -0.3 is 5.73 Å². The molecule has 0 heterocycles. The molecule has 4 heteroatoms. The van der Waals surface area contributed by atoms with Gasteiger partial charge in [0.05, 0.1) is 5.75 Å². The standard InChI is InChI=1S/C11H14FNOS/c1-8-6-9(2-3-10(8)12)11(14)7-15-5-4-13/h2-3,6H,4-5,7,13H2,1H3. The van der Waals surface area contributed by atoms with Crippen LogP contribution < -0.4 is 5.73 Å². The van der Waals surface area contributed by atoms with Crippen LogP contribution in [-0.4, -0.2) is 23.8 Å². The van der Waals surface area contributed by atoms with Crippen molar-refractivity contribution in [1.29, 1.82) is 0 Å². The van der Waals surface area contributed by atoms with E-state index in [1.54, 1.807) is 13.0 Å². The highest BCUT2D eigenvalue weighted by Gasteiger charge is 2.07. The molecule has 0 saturated heterocycles. The van der Waals surface area contributed by atoms with Crippen molar-refractivity contribution < 1.29 is 9.18 Å². The highest BCUT2D eigenvalue weighted by Crippen LogP contribution is 2.12. The summed E-state index contributed by atoms with van der Waals surface area (Å²) in [4.78, 5) is 11.6. The number of hydrogen-bond donors (Lipinski definition) is 1. The Balaban J connectivity index is 2.62. The maximum atomic E-state index is 12.9. The van der Waals surface area contributed by atoms with E-state index in [-0.39, 0.29) is 11.6 Å². The predicted octanol–water partition coefficient (Wildman–Crippen LogP) is 2.01. The van der Waals surface area contributed by atoms with Gasteiger partial charge in [0, 0.05) is 17.9 Å². The van der Waals surface area contributed by atoms with Gasteiger partial charge in [0.25, 0.3) is 0 Å². The van der Waals surface area contributed by atoms with Crippen LogP contribution in [0.3, 0.4) is 0 Å². The van der Waals surface area contributed by atoms with E-state index in [1.165, 1.54) is 23.9 Å². The largest absolute Gasteiger partial charge is 0.330 e. The van der Waals surface area contributed by atoms with Crippen molar-refractivity contribution in [3.8, 4) is 0 Å². The molecule has 0 aromatic heterocycles. The molecule has 0 spiro atoms. The van der Waals surface area contributed by atoms with Crippen LogP contribution in [0.15, 0.2) is 18.2 Å². The second-order valence-electron chi connectivity index (χ2n) is 3.23. The molecule has 0 unspecified atom stereocenters. The summed E-state index contributed by atoms with van der Waals surface area (Å²) in [6.45, 7) is 2.22. The Morgan fingerprint density at radius 3 is 2.87 bits per heavy atom. The number of aryl methyl sites for hydroxylation is 1. The predicted molar refractivity (Wildman–Crippen MR) is 61.8 cm³/mol. The Bertz CT molecular complexity index is 354. The summed E-state index contributed by atoms with van der Waals surface area (Å²) >= 11 is 1.50. The first-order chi connectivity index (χ1) is 7.15. The van der Waals surface area contributed by atoms with Crippen molar-refractivity contribution in [2.75, 3.05) is 18.1 Å². The van der Waals surface area contributed by atoms with Crippen molar-refractivity contribution >= 4 is 17.5 Å². The lowest BCUT2D eigenvalue weighted by atomic mass is 10.1. The van der Waals surface area contributed by atoms with Gasteiger partial charge in [-0.3, -0.25) is 4.79 Å². The lowest BCUT2D eigenvalue weighted by molar-refractivity contribution is 0.102. The number of carbonyl (C=O) groups is 1. The number of ketones is 1. The first-order valence-corrected chi connectivity index (χ1v) is 5.87. The average molecular weight is 227 g/mol. The zero-order chi connectivity index (χ0) is 11.3. The van der Waals surface area contributed by atoms with E-state index in [9.17, 15) is 9.18 Å². The highest BCUT2D eigenvalue weighted by atomic mass is 32.2. The van der Waals surface area contributed by atoms with E-state index >= 15 is 0 Å². The van der Waals surface area contributed by atoms with E-state index in [4.69, 9.17) is 5.73 Å². The van der Waals surface area contributed by atoms with Crippen molar-refractivity contribution in [3.63, 3.8) is 0 Å².